The summed E-state index contributed by atoms with van der Waals surface area (Å²) in [5.74, 6) is 0.0696. The van der Waals surface area contributed by atoms with Crippen LogP contribution in [-0.4, -0.2) is 12.9 Å². The lowest BCUT2D eigenvalue weighted by molar-refractivity contribution is 0.103. The smallest absolute Gasteiger partial charge is 0.197 e. The number of carbonyl (C=O) groups excluding carboxylic acids is 1. The topological polar surface area (TPSA) is 26.3 Å². The van der Waals surface area contributed by atoms with Crippen LogP contribution in [0, 0.1) is 26.6 Å². The van der Waals surface area contributed by atoms with Crippen molar-refractivity contribution in [2.24, 2.45) is 0 Å². The van der Waals surface area contributed by atoms with E-state index in [1.54, 1.807) is 20.1 Å². The van der Waals surface area contributed by atoms with Gasteiger partial charge in [-0.05, 0) is 61.7 Å². The third-order valence-corrected chi connectivity index (χ3v) is 4.34. The highest BCUT2D eigenvalue weighted by atomic mass is 79.9. The first-order valence-corrected chi connectivity index (χ1v) is 7.30. The molecule has 0 fully saturated rings. The maximum atomic E-state index is 13.4. The highest BCUT2D eigenvalue weighted by Crippen LogP contribution is 2.34. The van der Waals surface area contributed by atoms with Crippen LogP contribution >= 0.6 is 15.9 Å². The molecule has 0 heterocycles. The molecular formula is C17H16BrFO2. The third-order valence-electron chi connectivity index (χ3n) is 3.51. The first-order chi connectivity index (χ1) is 9.86. The van der Waals surface area contributed by atoms with E-state index in [0.29, 0.717) is 22.4 Å². The normalized spacial score (nSPS) is 10.6. The van der Waals surface area contributed by atoms with Gasteiger partial charge in [0.05, 0.1) is 12.7 Å². The molecular weight excluding hydrogens is 335 g/mol. The van der Waals surface area contributed by atoms with E-state index < -0.39 is 0 Å². The Hall–Kier alpha value is -1.68. The summed E-state index contributed by atoms with van der Waals surface area (Å²) < 4.78 is 19.6. The summed E-state index contributed by atoms with van der Waals surface area (Å²) in [6.45, 7) is 5.38. The summed E-state index contributed by atoms with van der Waals surface area (Å²) in [4.78, 5) is 12.8. The fourth-order valence-corrected chi connectivity index (χ4v) is 2.86. The number of hydrogen-bond donors (Lipinski definition) is 0. The molecule has 2 nitrogen and oxygen atoms in total. The van der Waals surface area contributed by atoms with Crippen LogP contribution in [0.25, 0.3) is 0 Å². The number of halogens is 2. The minimum atomic E-state index is -0.319. The number of hydrogen-bond acceptors (Lipinski definition) is 2. The highest BCUT2D eigenvalue weighted by Gasteiger charge is 2.21. The van der Waals surface area contributed by atoms with E-state index in [2.05, 4.69) is 15.9 Å². The van der Waals surface area contributed by atoms with Crippen LogP contribution in [0.4, 0.5) is 4.39 Å². The number of aryl methyl sites for hydroxylation is 2. The first kappa shape index (κ1) is 15.7. The Morgan fingerprint density at radius 1 is 1.14 bits per heavy atom. The van der Waals surface area contributed by atoms with Crippen molar-refractivity contribution >= 4 is 21.7 Å². The number of carbonyl (C=O) groups is 1. The molecule has 0 saturated heterocycles. The second-order valence-electron chi connectivity index (χ2n) is 5.00. The lowest BCUT2D eigenvalue weighted by Gasteiger charge is -2.15. The monoisotopic (exact) mass is 350 g/mol. The van der Waals surface area contributed by atoms with Crippen molar-refractivity contribution in [1.29, 1.82) is 0 Å². The summed E-state index contributed by atoms with van der Waals surface area (Å²) >= 11 is 3.46. The van der Waals surface area contributed by atoms with Gasteiger partial charge in [0.25, 0.3) is 0 Å². The summed E-state index contributed by atoms with van der Waals surface area (Å²) in [6.07, 6.45) is 0. The molecule has 2 aromatic rings. The summed E-state index contributed by atoms with van der Waals surface area (Å²) in [5, 5.41) is 0. The van der Waals surface area contributed by atoms with E-state index in [9.17, 15) is 9.18 Å². The van der Waals surface area contributed by atoms with Gasteiger partial charge in [0, 0.05) is 10.0 Å². The Bertz CT molecular complexity index is 723. The van der Waals surface area contributed by atoms with Crippen LogP contribution in [0.5, 0.6) is 5.75 Å². The zero-order valence-corrected chi connectivity index (χ0v) is 14.0. The molecule has 0 N–H and O–H groups in total. The van der Waals surface area contributed by atoms with Crippen molar-refractivity contribution in [3.05, 3.63) is 62.4 Å². The van der Waals surface area contributed by atoms with Crippen LogP contribution in [0.2, 0.25) is 0 Å². The first-order valence-electron chi connectivity index (χ1n) is 6.51. The van der Waals surface area contributed by atoms with Crippen LogP contribution < -0.4 is 4.74 Å². The summed E-state index contributed by atoms with van der Waals surface area (Å²) in [5.41, 5.74) is 3.09. The molecule has 2 rings (SSSR count). The third kappa shape index (κ3) is 2.86. The lowest BCUT2D eigenvalue weighted by Crippen LogP contribution is -2.09. The van der Waals surface area contributed by atoms with Crippen molar-refractivity contribution in [2.45, 2.75) is 20.8 Å². The Labute approximate surface area is 132 Å². The molecule has 0 aromatic heterocycles. The Kier molecular flexibility index (Phi) is 4.47. The van der Waals surface area contributed by atoms with E-state index >= 15 is 0 Å². The summed E-state index contributed by atoms with van der Waals surface area (Å²) in [6, 6.07) is 6.29. The molecule has 0 aliphatic heterocycles. The minimum Gasteiger partial charge on any atom is -0.496 e. The molecule has 21 heavy (non-hydrogen) atoms. The second kappa shape index (κ2) is 5.98. The molecule has 110 valence electrons. The Morgan fingerprint density at radius 3 is 2.38 bits per heavy atom. The lowest BCUT2D eigenvalue weighted by atomic mass is 9.95. The fraction of sp³-hybridized carbons (Fsp3) is 0.235. The zero-order valence-electron chi connectivity index (χ0n) is 12.4. The van der Waals surface area contributed by atoms with Gasteiger partial charge in [0.15, 0.2) is 5.78 Å². The van der Waals surface area contributed by atoms with E-state index in [1.807, 2.05) is 19.9 Å². The predicted molar refractivity (Wildman–Crippen MR) is 84.7 cm³/mol. The molecule has 0 atom stereocenters. The molecule has 0 saturated carbocycles. The molecule has 0 radical (unpaired) electrons. The average molecular weight is 351 g/mol. The van der Waals surface area contributed by atoms with Crippen LogP contribution in [0.3, 0.4) is 0 Å². The number of methoxy groups -OCH3 is 1. The largest absolute Gasteiger partial charge is 0.496 e. The van der Waals surface area contributed by atoms with Crippen LogP contribution in [0.1, 0.15) is 32.6 Å². The van der Waals surface area contributed by atoms with Crippen LogP contribution in [-0.2, 0) is 0 Å². The second-order valence-corrected chi connectivity index (χ2v) is 5.86. The van der Waals surface area contributed by atoms with Gasteiger partial charge in [-0.15, -0.1) is 0 Å². The van der Waals surface area contributed by atoms with Gasteiger partial charge in [-0.25, -0.2) is 4.39 Å². The van der Waals surface area contributed by atoms with E-state index in [0.717, 1.165) is 15.6 Å². The van der Waals surface area contributed by atoms with Crippen molar-refractivity contribution < 1.29 is 13.9 Å². The van der Waals surface area contributed by atoms with E-state index in [1.165, 1.54) is 12.1 Å². The van der Waals surface area contributed by atoms with Gasteiger partial charge < -0.3 is 4.74 Å². The molecule has 0 aliphatic carbocycles. The van der Waals surface area contributed by atoms with Crippen molar-refractivity contribution in [3.63, 3.8) is 0 Å². The van der Waals surface area contributed by atoms with Crippen molar-refractivity contribution in [2.75, 3.05) is 7.11 Å². The molecule has 4 heteroatoms. The molecule has 0 unspecified atom stereocenters. The average Bonchev–Trinajstić information content (AvgIpc) is 2.44. The number of benzene rings is 2. The van der Waals surface area contributed by atoms with E-state index in [-0.39, 0.29) is 11.6 Å². The van der Waals surface area contributed by atoms with Crippen molar-refractivity contribution in [1.82, 2.24) is 0 Å². The molecule has 2 aromatic carbocycles. The van der Waals surface area contributed by atoms with Gasteiger partial charge >= 0.3 is 0 Å². The fourth-order valence-electron chi connectivity index (χ4n) is 2.32. The molecule has 0 aliphatic rings. The van der Waals surface area contributed by atoms with Crippen LogP contribution in [0.15, 0.2) is 28.7 Å². The van der Waals surface area contributed by atoms with Gasteiger partial charge in [0.1, 0.15) is 11.6 Å². The minimum absolute atomic E-state index is 0.170. The van der Waals surface area contributed by atoms with Gasteiger partial charge in [-0.2, -0.15) is 0 Å². The molecule has 0 amide bonds. The number of ketones is 1. The van der Waals surface area contributed by atoms with E-state index in [4.69, 9.17) is 4.74 Å². The Balaban J connectivity index is 2.65. The SMILES string of the molecule is COc1c(C)cc(Br)c(C)c1C(=O)c1ccc(F)c(C)c1. The Morgan fingerprint density at radius 2 is 1.81 bits per heavy atom. The number of rotatable bonds is 3. The van der Waals surface area contributed by atoms with Gasteiger partial charge in [0.2, 0.25) is 0 Å². The van der Waals surface area contributed by atoms with Crippen molar-refractivity contribution in [3.8, 4) is 5.75 Å². The molecule has 0 bridgehead atoms. The maximum Gasteiger partial charge on any atom is 0.197 e. The standard InChI is InChI=1S/C17H16BrFO2/c1-9-7-12(5-6-14(9)19)16(20)15-11(3)13(18)8-10(2)17(15)21-4/h5-8H,1-4H3. The molecule has 0 spiro atoms. The summed E-state index contributed by atoms with van der Waals surface area (Å²) in [7, 11) is 1.54. The highest BCUT2D eigenvalue weighted by molar-refractivity contribution is 9.10. The maximum absolute atomic E-state index is 13.4. The zero-order chi connectivity index (χ0) is 15.7. The quantitative estimate of drug-likeness (QED) is 0.746. The van der Waals surface area contributed by atoms with Gasteiger partial charge in [-0.3, -0.25) is 4.79 Å². The number of ether oxygens (including phenoxy) is 1. The van der Waals surface area contributed by atoms with Gasteiger partial charge in [-0.1, -0.05) is 15.9 Å². The predicted octanol–water partition coefficient (Wildman–Crippen LogP) is 4.75.